The number of benzene rings is 2. The van der Waals surface area contributed by atoms with Crippen molar-refractivity contribution in [1.82, 2.24) is 9.78 Å². The molecule has 31 heavy (non-hydrogen) atoms. The van der Waals surface area contributed by atoms with E-state index in [1.54, 1.807) is 48.7 Å². The maximum absolute atomic E-state index is 14.3. The average molecular weight is 428 g/mol. The zero-order chi connectivity index (χ0) is 22.0. The molecule has 0 spiro atoms. The number of nitrogens with zero attached hydrogens (tertiary/aromatic N) is 4. The number of para-hydroxylation sites is 1. The van der Waals surface area contributed by atoms with Crippen molar-refractivity contribution in [3.05, 3.63) is 96.7 Å². The highest BCUT2D eigenvalue weighted by Crippen LogP contribution is 2.26. The van der Waals surface area contributed by atoms with Crippen molar-refractivity contribution in [3.63, 3.8) is 0 Å². The molecular weight excluding hydrogens is 412 g/mol. The highest BCUT2D eigenvalue weighted by atomic mass is 19.4. The van der Waals surface area contributed by atoms with Crippen LogP contribution in [0.25, 0.3) is 5.69 Å². The summed E-state index contributed by atoms with van der Waals surface area (Å²) in [4.78, 5) is 0. The first-order valence-corrected chi connectivity index (χ1v) is 9.16. The zero-order valence-corrected chi connectivity index (χ0v) is 16.1. The van der Waals surface area contributed by atoms with Crippen LogP contribution in [-0.2, 0) is 0 Å². The Kier molecular flexibility index (Phi) is 5.33. The fraction of sp³-hybridized carbons (Fsp3) is 0.0909. The lowest BCUT2D eigenvalue weighted by atomic mass is 10.1. The van der Waals surface area contributed by atoms with Gasteiger partial charge in [0.1, 0.15) is 23.0 Å². The minimum atomic E-state index is -4.41. The van der Waals surface area contributed by atoms with E-state index in [1.165, 1.54) is 34.1 Å². The van der Waals surface area contributed by atoms with E-state index in [0.29, 0.717) is 22.7 Å². The number of hydrogen-bond donors (Lipinski definition) is 0. The van der Waals surface area contributed by atoms with Gasteiger partial charge < -0.3 is 4.74 Å². The van der Waals surface area contributed by atoms with E-state index in [1.807, 2.05) is 0 Å². The largest absolute Gasteiger partial charge is 0.484 e. The van der Waals surface area contributed by atoms with Gasteiger partial charge in [-0.3, -0.25) is 0 Å². The predicted octanol–water partition coefficient (Wildman–Crippen LogP) is 5.25. The molecule has 158 valence electrons. The molecule has 0 saturated heterocycles. The molecule has 9 heteroatoms. The summed E-state index contributed by atoms with van der Waals surface area (Å²) in [6.07, 6.45) is 0.526. The van der Waals surface area contributed by atoms with Crippen molar-refractivity contribution in [1.29, 1.82) is 0 Å². The summed E-state index contributed by atoms with van der Waals surface area (Å²) in [5, 5.41) is 10.3. The van der Waals surface area contributed by atoms with Gasteiger partial charge in [-0.2, -0.15) is 23.4 Å². The van der Waals surface area contributed by atoms with E-state index in [2.05, 4.69) is 16.8 Å². The van der Waals surface area contributed by atoms with Gasteiger partial charge in [-0.05, 0) is 54.1 Å². The van der Waals surface area contributed by atoms with E-state index >= 15 is 0 Å². The number of hydrogen-bond acceptors (Lipinski definition) is 4. The Labute approximate surface area is 175 Å². The van der Waals surface area contributed by atoms with Crippen LogP contribution < -0.4 is 9.75 Å². The molecule has 3 aromatic rings. The lowest BCUT2D eigenvalue weighted by Gasteiger charge is -2.22. The molecule has 0 amide bonds. The maximum atomic E-state index is 14.3. The monoisotopic (exact) mass is 428 g/mol. The van der Waals surface area contributed by atoms with Crippen LogP contribution in [0.15, 0.2) is 90.3 Å². The maximum Gasteiger partial charge on any atom is 0.422 e. The van der Waals surface area contributed by atoms with Crippen molar-refractivity contribution < 1.29 is 22.3 Å². The first-order chi connectivity index (χ1) is 14.8. The van der Waals surface area contributed by atoms with Gasteiger partial charge in [0.2, 0.25) is 0 Å². The van der Waals surface area contributed by atoms with Gasteiger partial charge in [0.25, 0.3) is 0 Å². The third kappa shape index (κ3) is 4.50. The van der Waals surface area contributed by atoms with Gasteiger partial charge in [0.15, 0.2) is 6.61 Å². The second-order valence-corrected chi connectivity index (χ2v) is 6.61. The standard InChI is InChI=1S/C22H16F4N4O/c1-15-11-13-29(16-6-8-17(9-7-16)31-14-22(24,25)26)28-21(15)20-10-12-27-30(20)19-5-3-2-4-18(19)23/h2-13H,1,14H2. The third-order valence-corrected chi connectivity index (χ3v) is 4.40. The van der Waals surface area contributed by atoms with Crippen LogP contribution in [0.2, 0.25) is 0 Å². The molecule has 0 unspecified atom stereocenters. The number of halogens is 4. The van der Waals surface area contributed by atoms with Crippen LogP contribution >= 0.6 is 0 Å². The number of ether oxygens (including phenoxy) is 1. The summed E-state index contributed by atoms with van der Waals surface area (Å²) in [5.74, 6) is -0.343. The highest BCUT2D eigenvalue weighted by Gasteiger charge is 2.28. The highest BCUT2D eigenvalue weighted by molar-refractivity contribution is 6.14. The molecule has 1 aromatic heterocycles. The Hall–Kier alpha value is -3.88. The fourth-order valence-corrected chi connectivity index (χ4v) is 2.96. The van der Waals surface area contributed by atoms with Gasteiger partial charge in [0, 0.05) is 6.20 Å². The number of hydrazone groups is 1. The Balaban J connectivity index is 1.62. The molecule has 5 nitrogen and oxygen atoms in total. The second-order valence-electron chi connectivity index (χ2n) is 6.61. The van der Waals surface area contributed by atoms with Crippen molar-refractivity contribution in [2.75, 3.05) is 11.6 Å². The summed E-state index contributed by atoms with van der Waals surface area (Å²) in [7, 11) is 0. The number of alkyl halides is 3. The molecule has 0 bridgehead atoms. The molecule has 4 rings (SSSR count). The summed E-state index contributed by atoms with van der Waals surface area (Å²) in [6, 6.07) is 14.0. The summed E-state index contributed by atoms with van der Waals surface area (Å²) in [5.41, 5.74) is 2.47. The summed E-state index contributed by atoms with van der Waals surface area (Å²) < 4.78 is 57.4. The van der Waals surface area contributed by atoms with Crippen molar-refractivity contribution in [2.45, 2.75) is 6.18 Å². The van der Waals surface area contributed by atoms with Crippen molar-refractivity contribution in [2.24, 2.45) is 5.10 Å². The molecular formula is C22H16F4N4O. The van der Waals surface area contributed by atoms with Crippen molar-refractivity contribution in [3.8, 4) is 11.4 Å². The molecule has 0 fully saturated rings. The van der Waals surface area contributed by atoms with Crippen LogP contribution in [0.1, 0.15) is 5.69 Å². The van der Waals surface area contributed by atoms with Crippen LogP contribution in [0, 0.1) is 5.82 Å². The first kappa shape index (κ1) is 20.4. The zero-order valence-electron chi connectivity index (χ0n) is 16.1. The van der Waals surface area contributed by atoms with E-state index in [9.17, 15) is 17.6 Å². The van der Waals surface area contributed by atoms with E-state index < -0.39 is 18.6 Å². The predicted molar refractivity (Wildman–Crippen MR) is 109 cm³/mol. The molecule has 0 radical (unpaired) electrons. The number of allylic oxidation sites excluding steroid dienone is 2. The van der Waals surface area contributed by atoms with Gasteiger partial charge in [-0.1, -0.05) is 18.7 Å². The number of rotatable bonds is 5. The Morgan fingerprint density at radius 2 is 1.74 bits per heavy atom. The summed E-state index contributed by atoms with van der Waals surface area (Å²) in [6.45, 7) is 2.63. The van der Waals surface area contributed by atoms with Gasteiger partial charge >= 0.3 is 6.18 Å². The van der Waals surface area contributed by atoms with Crippen LogP contribution in [0.3, 0.4) is 0 Å². The molecule has 1 aliphatic heterocycles. The SMILES string of the molecule is C=C1C=CN(c2ccc(OCC(F)(F)F)cc2)N=C1c1ccnn1-c1ccccc1F. The Morgan fingerprint density at radius 3 is 2.45 bits per heavy atom. The van der Waals surface area contributed by atoms with Crippen LogP contribution in [0.4, 0.5) is 23.2 Å². The van der Waals surface area contributed by atoms with E-state index in [4.69, 9.17) is 4.74 Å². The number of anilines is 1. The molecule has 0 N–H and O–H groups in total. The van der Waals surface area contributed by atoms with Crippen LogP contribution in [-0.4, -0.2) is 28.3 Å². The minimum Gasteiger partial charge on any atom is -0.484 e. The number of aromatic nitrogens is 2. The Morgan fingerprint density at radius 1 is 1.00 bits per heavy atom. The lowest BCUT2D eigenvalue weighted by molar-refractivity contribution is -0.153. The first-order valence-electron chi connectivity index (χ1n) is 9.16. The third-order valence-electron chi connectivity index (χ3n) is 4.40. The summed E-state index contributed by atoms with van der Waals surface area (Å²) >= 11 is 0. The molecule has 0 saturated carbocycles. The van der Waals surface area contributed by atoms with Gasteiger partial charge in [0.05, 0.1) is 17.6 Å². The minimum absolute atomic E-state index is 0.0910. The normalized spacial score (nSPS) is 14.0. The topological polar surface area (TPSA) is 42.6 Å². The lowest BCUT2D eigenvalue weighted by Crippen LogP contribution is -2.21. The van der Waals surface area contributed by atoms with Gasteiger partial charge in [-0.25, -0.2) is 14.1 Å². The fourth-order valence-electron chi connectivity index (χ4n) is 2.96. The second kappa shape index (κ2) is 8.10. The molecule has 0 aliphatic carbocycles. The van der Waals surface area contributed by atoms with Crippen molar-refractivity contribution >= 4 is 11.4 Å². The van der Waals surface area contributed by atoms with Gasteiger partial charge in [-0.15, -0.1) is 0 Å². The molecule has 1 aliphatic rings. The molecule has 2 aromatic carbocycles. The quantitative estimate of drug-likeness (QED) is 0.522. The van der Waals surface area contributed by atoms with Crippen LogP contribution in [0.5, 0.6) is 5.75 Å². The average Bonchev–Trinajstić information content (AvgIpc) is 3.22. The van der Waals surface area contributed by atoms with E-state index in [0.717, 1.165) is 0 Å². The Bertz CT molecular complexity index is 1160. The molecule has 2 heterocycles. The smallest absolute Gasteiger partial charge is 0.422 e. The molecule has 0 atom stereocenters. The van der Waals surface area contributed by atoms with E-state index in [-0.39, 0.29) is 11.4 Å².